The van der Waals surface area contributed by atoms with E-state index >= 15 is 0 Å². The van der Waals surface area contributed by atoms with Crippen molar-refractivity contribution in [3.05, 3.63) is 47.7 Å². The zero-order chi connectivity index (χ0) is 7.97. The van der Waals surface area contributed by atoms with E-state index in [1.54, 1.807) is 0 Å². The molecule has 1 unspecified atom stereocenters. The number of hydrogen-bond acceptors (Lipinski definition) is 1. The molecule has 2 aliphatic rings. The smallest absolute Gasteiger partial charge is 0.0578 e. The molecule has 0 N–H and O–H groups in total. The maximum absolute atomic E-state index is 2.42. The maximum atomic E-state index is 2.42. The minimum Gasteiger partial charge on any atom is -0.366 e. The predicted molar refractivity (Wildman–Crippen MR) is 48.5 cm³/mol. The number of nitrogens with zero attached hydrogens (tertiary/aromatic N) is 1. The lowest BCUT2D eigenvalue weighted by molar-refractivity contribution is 0.334. The molecule has 0 aliphatic carbocycles. The van der Waals surface area contributed by atoms with E-state index in [2.05, 4.69) is 41.4 Å². The summed E-state index contributed by atoms with van der Waals surface area (Å²) in [7, 11) is 0. The molecular weight excluding hydrogens is 146 g/mol. The molecule has 1 nitrogen and oxygen atoms in total. The molecule has 1 heteroatoms. The van der Waals surface area contributed by atoms with E-state index in [1.807, 2.05) is 0 Å². The molecule has 0 spiro atoms. The van der Waals surface area contributed by atoms with Gasteiger partial charge in [-0.15, -0.1) is 0 Å². The van der Waals surface area contributed by atoms with Gasteiger partial charge in [0.05, 0.1) is 6.04 Å². The van der Waals surface area contributed by atoms with E-state index < -0.39 is 0 Å². The quantitative estimate of drug-likeness (QED) is 0.559. The maximum Gasteiger partial charge on any atom is 0.0578 e. The fraction of sp³-hybridized carbons (Fsp3) is 0.273. The summed E-state index contributed by atoms with van der Waals surface area (Å²) in [6.45, 7) is 1.11. The van der Waals surface area contributed by atoms with E-state index in [4.69, 9.17) is 0 Å². The van der Waals surface area contributed by atoms with Crippen molar-refractivity contribution >= 4 is 0 Å². The number of fused-ring (bicyclic) bond motifs is 3. The summed E-state index contributed by atoms with van der Waals surface area (Å²) in [4.78, 5) is 2.42. The summed E-state index contributed by atoms with van der Waals surface area (Å²) in [6, 6.07) is 9.42. The van der Waals surface area contributed by atoms with Crippen LogP contribution in [0.15, 0.2) is 36.5 Å². The van der Waals surface area contributed by atoms with E-state index in [9.17, 15) is 0 Å². The lowest BCUT2D eigenvalue weighted by Gasteiger charge is -2.15. The normalized spacial score (nSPS) is 24.3. The summed E-state index contributed by atoms with van der Waals surface area (Å²) in [5.74, 6) is 0. The molecule has 1 atom stereocenters. The molecule has 0 amide bonds. The lowest BCUT2D eigenvalue weighted by Crippen LogP contribution is -2.09. The van der Waals surface area contributed by atoms with Crippen molar-refractivity contribution in [3.63, 3.8) is 0 Å². The Balaban J connectivity index is 2.12. The fourth-order valence-corrected chi connectivity index (χ4v) is 2.23. The molecule has 0 aromatic heterocycles. The first kappa shape index (κ1) is 6.30. The summed E-state index contributed by atoms with van der Waals surface area (Å²) in [5, 5.41) is 0. The molecular formula is C11H11N. The minimum atomic E-state index is 0.654. The zero-order valence-electron chi connectivity index (χ0n) is 6.90. The van der Waals surface area contributed by atoms with Crippen molar-refractivity contribution in [2.75, 3.05) is 0 Å². The molecule has 1 aromatic rings. The second-order valence-corrected chi connectivity index (χ2v) is 3.51. The molecule has 0 radical (unpaired) electrons. The van der Waals surface area contributed by atoms with Crippen LogP contribution >= 0.6 is 0 Å². The van der Waals surface area contributed by atoms with E-state index in [0.717, 1.165) is 6.54 Å². The van der Waals surface area contributed by atoms with Crippen molar-refractivity contribution in [3.8, 4) is 0 Å². The van der Waals surface area contributed by atoms with E-state index in [1.165, 1.54) is 17.5 Å². The standard InChI is InChI=1S/C11H11N/c1-2-5-10-9(4-1)8-12-7-3-6-11(10)12/h1-5,7,11H,6,8H2. The van der Waals surface area contributed by atoms with Crippen LogP contribution in [0.1, 0.15) is 23.6 Å². The summed E-state index contributed by atoms with van der Waals surface area (Å²) in [6.07, 6.45) is 5.68. The van der Waals surface area contributed by atoms with Gasteiger partial charge in [0.15, 0.2) is 0 Å². The summed E-state index contributed by atoms with van der Waals surface area (Å²) in [5.41, 5.74) is 3.04. The van der Waals surface area contributed by atoms with Gasteiger partial charge in [-0.3, -0.25) is 0 Å². The van der Waals surface area contributed by atoms with Crippen LogP contribution in [0.4, 0.5) is 0 Å². The molecule has 0 saturated carbocycles. The Morgan fingerprint density at radius 3 is 3.17 bits per heavy atom. The first-order valence-corrected chi connectivity index (χ1v) is 4.45. The average Bonchev–Trinajstić information content (AvgIpc) is 2.62. The second-order valence-electron chi connectivity index (χ2n) is 3.51. The zero-order valence-corrected chi connectivity index (χ0v) is 6.90. The fourth-order valence-electron chi connectivity index (χ4n) is 2.23. The highest BCUT2D eigenvalue weighted by molar-refractivity contribution is 5.36. The van der Waals surface area contributed by atoms with Crippen LogP contribution in [0.3, 0.4) is 0 Å². The molecule has 0 saturated heterocycles. The Bertz CT molecular complexity index is 341. The third-order valence-corrected chi connectivity index (χ3v) is 2.82. The van der Waals surface area contributed by atoms with E-state index in [0.29, 0.717) is 6.04 Å². The van der Waals surface area contributed by atoms with Crippen molar-refractivity contribution in [2.24, 2.45) is 0 Å². The minimum absolute atomic E-state index is 0.654. The average molecular weight is 157 g/mol. The molecule has 0 fully saturated rings. The van der Waals surface area contributed by atoms with Crippen LogP contribution in [-0.2, 0) is 6.54 Å². The van der Waals surface area contributed by atoms with Crippen LogP contribution in [0.25, 0.3) is 0 Å². The van der Waals surface area contributed by atoms with Crippen LogP contribution in [0.2, 0.25) is 0 Å². The van der Waals surface area contributed by atoms with Gasteiger partial charge >= 0.3 is 0 Å². The van der Waals surface area contributed by atoms with Crippen molar-refractivity contribution in [1.29, 1.82) is 0 Å². The van der Waals surface area contributed by atoms with Gasteiger partial charge in [0, 0.05) is 6.54 Å². The number of benzene rings is 1. The first-order chi connectivity index (χ1) is 5.95. The Morgan fingerprint density at radius 1 is 1.25 bits per heavy atom. The molecule has 12 heavy (non-hydrogen) atoms. The van der Waals surface area contributed by atoms with Crippen molar-refractivity contribution in [1.82, 2.24) is 4.90 Å². The highest BCUT2D eigenvalue weighted by Gasteiger charge is 2.29. The molecule has 60 valence electrons. The van der Waals surface area contributed by atoms with Gasteiger partial charge in [-0.25, -0.2) is 0 Å². The lowest BCUT2D eigenvalue weighted by atomic mass is 10.0. The largest absolute Gasteiger partial charge is 0.366 e. The molecule has 2 heterocycles. The molecule has 2 aliphatic heterocycles. The van der Waals surface area contributed by atoms with Gasteiger partial charge in [-0.1, -0.05) is 30.3 Å². The van der Waals surface area contributed by atoms with Gasteiger partial charge in [0.25, 0.3) is 0 Å². The SMILES string of the molecule is C1=CN2Cc3ccccc3C2C1. The van der Waals surface area contributed by atoms with Crippen LogP contribution in [0, 0.1) is 0 Å². The molecule has 3 rings (SSSR count). The molecule has 0 bridgehead atoms. The van der Waals surface area contributed by atoms with Crippen LogP contribution in [-0.4, -0.2) is 4.90 Å². The number of hydrogen-bond donors (Lipinski definition) is 0. The van der Waals surface area contributed by atoms with Gasteiger partial charge in [-0.05, 0) is 23.7 Å². The van der Waals surface area contributed by atoms with Gasteiger partial charge < -0.3 is 4.90 Å². The predicted octanol–water partition coefficient (Wildman–Crippen LogP) is 2.46. The van der Waals surface area contributed by atoms with Gasteiger partial charge in [-0.2, -0.15) is 0 Å². The first-order valence-electron chi connectivity index (χ1n) is 4.45. The summed E-state index contributed by atoms with van der Waals surface area (Å²) < 4.78 is 0. The Morgan fingerprint density at radius 2 is 2.17 bits per heavy atom. The van der Waals surface area contributed by atoms with Crippen molar-refractivity contribution < 1.29 is 0 Å². The van der Waals surface area contributed by atoms with Gasteiger partial charge in [0.2, 0.25) is 0 Å². The molecule has 1 aromatic carbocycles. The van der Waals surface area contributed by atoms with E-state index in [-0.39, 0.29) is 0 Å². The van der Waals surface area contributed by atoms with Crippen LogP contribution in [0.5, 0.6) is 0 Å². The summed E-state index contributed by atoms with van der Waals surface area (Å²) >= 11 is 0. The Labute approximate surface area is 72.3 Å². The monoisotopic (exact) mass is 157 g/mol. The highest BCUT2D eigenvalue weighted by atomic mass is 15.2. The third kappa shape index (κ3) is 0.685. The second kappa shape index (κ2) is 2.13. The number of rotatable bonds is 0. The Kier molecular flexibility index (Phi) is 1.12. The van der Waals surface area contributed by atoms with Crippen LogP contribution < -0.4 is 0 Å². The van der Waals surface area contributed by atoms with Crippen molar-refractivity contribution in [2.45, 2.75) is 19.0 Å². The van der Waals surface area contributed by atoms with Gasteiger partial charge in [0.1, 0.15) is 0 Å². The highest BCUT2D eigenvalue weighted by Crippen LogP contribution is 2.39. The Hall–Kier alpha value is -1.24. The topological polar surface area (TPSA) is 3.24 Å². The third-order valence-electron chi connectivity index (χ3n) is 2.82.